The van der Waals surface area contributed by atoms with Gasteiger partial charge in [-0.15, -0.1) is 0 Å². The molecule has 0 bridgehead atoms. The number of pyridine rings is 1. The lowest BCUT2D eigenvalue weighted by atomic mass is 9.93. The van der Waals surface area contributed by atoms with Crippen molar-refractivity contribution in [1.29, 1.82) is 0 Å². The summed E-state index contributed by atoms with van der Waals surface area (Å²) in [5.41, 5.74) is 2.33. The Morgan fingerprint density at radius 3 is 2.73 bits per heavy atom. The molecule has 3 aromatic heterocycles. The molecule has 2 aromatic carbocycles. The van der Waals surface area contributed by atoms with E-state index in [0.717, 1.165) is 5.56 Å². The first kappa shape index (κ1) is 23.0. The van der Waals surface area contributed by atoms with Crippen LogP contribution >= 0.6 is 0 Å². The van der Waals surface area contributed by atoms with E-state index in [1.54, 1.807) is 60.0 Å². The topological polar surface area (TPSA) is 81.4 Å². The zero-order valence-electron chi connectivity index (χ0n) is 19.3. The van der Waals surface area contributed by atoms with Crippen LogP contribution in [0.4, 0.5) is 13.2 Å². The molecule has 6 rings (SSSR count). The Labute approximate surface area is 208 Å². The minimum absolute atomic E-state index is 0.0873. The van der Waals surface area contributed by atoms with Crippen molar-refractivity contribution in [1.82, 2.24) is 19.9 Å². The Hall–Kier alpha value is -4.47. The number of carbonyl (C=O) groups is 1. The number of furan rings is 1. The smallest absolute Gasteiger partial charge is 0.387 e. The molecule has 1 aliphatic heterocycles. The minimum Gasteiger partial charge on any atom is -0.452 e. The van der Waals surface area contributed by atoms with Crippen LogP contribution in [0.3, 0.4) is 0 Å². The fourth-order valence-corrected chi connectivity index (χ4v) is 4.86. The molecule has 1 unspecified atom stereocenters. The van der Waals surface area contributed by atoms with Crippen LogP contribution in [0.1, 0.15) is 23.5 Å². The summed E-state index contributed by atoms with van der Waals surface area (Å²) in [4.78, 5) is 26.9. The third kappa shape index (κ3) is 4.24. The Morgan fingerprint density at radius 2 is 1.95 bits per heavy atom. The van der Waals surface area contributed by atoms with E-state index in [2.05, 4.69) is 19.7 Å². The normalized spacial score (nSPS) is 15.8. The van der Waals surface area contributed by atoms with E-state index in [9.17, 15) is 18.0 Å². The zero-order chi connectivity index (χ0) is 25.5. The maximum atomic E-state index is 14.9. The summed E-state index contributed by atoms with van der Waals surface area (Å²) in [6.07, 6.45) is 6.50. The summed E-state index contributed by atoms with van der Waals surface area (Å²) >= 11 is 0. The van der Waals surface area contributed by atoms with Gasteiger partial charge in [0.2, 0.25) is 5.91 Å². The highest BCUT2D eigenvalue weighted by Gasteiger charge is 2.33. The average molecular weight is 504 g/mol. The van der Waals surface area contributed by atoms with Crippen molar-refractivity contribution in [3.05, 3.63) is 84.2 Å². The SMILES string of the molecule is O=C1CC(c2ccc(OC(F)F)c3oc4ccncc4c23)CN1Cc1ccc(-c2ncccn2)cc1F. The maximum absolute atomic E-state index is 14.9. The second-order valence-corrected chi connectivity index (χ2v) is 8.76. The van der Waals surface area contributed by atoms with E-state index < -0.39 is 12.4 Å². The molecule has 0 radical (unpaired) electrons. The first-order chi connectivity index (χ1) is 18.0. The molecule has 1 atom stereocenters. The molecule has 1 amide bonds. The second kappa shape index (κ2) is 9.20. The molecule has 10 heteroatoms. The van der Waals surface area contributed by atoms with E-state index >= 15 is 0 Å². The van der Waals surface area contributed by atoms with Crippen molar-refractivity contribution in [2.24, 2.45) is 0 Å². The Morgan fingerprint density at radius 1 is 1.11 bits per heavy atom. The number of nitrogens with zero attached hydrogens (tertiary/aromatic N) is 4. The van der Waals surface area contributed by atoms with E-state index in [1.165, 1.54) is 12.1 Å². The number of benzene rings is 2. The number of halogens is 3. The van der Waals surface area contributed by atoms with Gasteiger partial charge in [-0.3, -0.25) is 9.78 Å². The molecule has 7 nitrogen and oxygen atoms in total. The average Bonchev–Trinajstić information content (AvgIpc) is 3.47. The van der Waals surface area contributed by atoms with Gasteiger partial charge in [-0.1, -0.05) is 18.2 Å². The summed E-state index contributed by atoms with van der Waals surface area (Å²) in [7, 11) is 0. The highest BCUT2D eigenvalue weighted by atomic mass is 19.3. The maximum Gasteiger partial charge on any atom is 0.387 e. The summed E-state index contributed by atoms with van der Waals surface area (Å²) < 4.78 is 51.5. The van der Waals surface area contributed by atoms with Crippen molar-refractivity contribution in [3.8, 4) is 17.1 Å². The van der Waals surface area contributed by atoms with E-state index in [0.29, 0.717) is 39.9 Å². The number of likely N-dealkylation sites (tertiary alicyclic amines) is 1. The quantitative estimate of drug-likeness (QED) is 0.295. The first-order valence-electron chi connectivity index (χ1n) is 11.6. The summed E-state index contributed by atoms with van der Waals surface area (Å²) in [5.74, 6) is -0.515. The molecule has 0 aliphatic carbocycles. The van der Waals surface area contributed by atoms with Gasteiger partial charge in [0.15, 0.2) is 17.2 Å². The molecule has 37 heavy (non-hydrogen) atoms. The van der Waals surface area contributed by atoms with Gasteiger partial charge >= 0.3 is 6.61 Å². The summed E-state index contributed by atoms with van der Waals surface area (Å²) in [6.45, 7) is -2.59. The van der Waals surface area contributed by atoms with Gasteiger partial charge in [0.1, 0.15) is 11.4 Å². The van der Waals surface area contributed by atoms with Gasteiger partial charge in [0.05, 0.1) is 0 Å². The number of fused-ring (bicyclic) bond motifs is 3. The molecule has 0 N–H and O–H groups in total. The monoisotopic (exact) mass is 504 g/mol. The predicted octanol–water partition coefficient (Wildman–Crippen LogP) is 5.69. The van der Waals surface area contributed by atoms with Crippen LogP contribution in [0.5, 0.6) is 5.75 Å². The lowest BCUT2D eigenvalue weighted by Gasteiger charge is -2.18. The van der Waals surface area contributed by atoms with E-state index in [1.807, 2.05) is 0 Å². The van der Waals surface area contributed by atoms with Gasteiger partial charge in [-0.25, -0.2) is 14.4 Å². The van der Waals surface area contributed by atoms with Crippen LogP contribution in [-0.4, -0.2) is 38.9 Å². The molecule has 0 saturated carbocycles. The summed E-state index contributed by atoms with van der Waals surface area (Å²) in [5, 5.41) is 1.22. The number of hydrogen-bond donors (Lipinski definition) is 0. The van der Waals surface area contributed by atoms with Crippen LogP contribution in [-0.2, 0) is 11.3 Å². The number of amides is 1. The number of aromatic nitrogens is 3. The molecule has 1 saturated heterocycles. The highest BCUT2D eigenvalue weighted by Crippen LogP contribution is 2.42. The van der Waals surface area contributed by atoms with Crippen LogP contribution in [0.15, 0.2) is 71.7 Å². The summed E-state index contributed by atoms with van der Waals surface area (Å²) in [6, 6.07) is 11.1. The minimum atomic E-state index is -3.02. The van der Waals surface area contributed by atoms with Crippen molar-refractivity contribution in [2.45, 2.75) is 25.5 Å². The number of ether oxygens (including phenoxy) is 1. The van der Waals surface area contributed by atoms with Crippen LogP contribution < -0.4 is 4.74 Å². The molecule has 4 heterocycles. The van der Waals surface area contributed by atoms with Crippen molar-refractivity contribution >= 4 is 27.8 Å². The molecular formula is C27H19F3N4O3. The predicted molar refractivity (Wildman–Crippen MR) is 128 cm³/mol. The van der Waals surface area contributed by atoms with Crippen molar-refractivity contribution in [2.75, 3.05) is 6.54 Å². The third-order valence-corrected chi connectivity index (χ3v) is 6.52. The van der Waals surface area contributed by atoms with Crippen molar-refractivity contribution in [3.63, 3.8) is 0 Å². The fourth-order valence-electron chi connectivity index (χ4n) is 4.86. The fraction of sp³-hybridized carbons (Fsp3) is 0.185. The van der Waals surface area contributed by atoms with Gasteiger partial charge < -0.3 is 14.1 Å². The number of hydrogen-bond acceptors (Lipinski definition) is 6. The van der Waals surface area contributed by atoms with Gasteiger partial charge in [0, 0.05) is 72.1 Å². The third-order valence-electron chi connectivity index (χ3n) is 6.52. The number of rotatable bonds is 6. The number of alkyl halides is 2. The van der Waals surface area contributed by atoms with Crippen molar-refractivity contribution < 1.29 is 27.1 Å². The second-order valence-electron chi connectivity index (χ2n) is 8.76. The first-order valence-corrected chi connectivity index (χ1v) is 11.6. The Balaban J connectivity index is 1.30. The van der Waals surface area contributed by atoms with Crippen LogP contribution in [0.2, 0.25) is 0 Å². The molecule has 1 fully saturated rings. The highest BCUT2D eigenvalue weighted by molar-refractivity contribution is 6.08. The molecule has 186 valence electrons. The standard InChI is InChI=1S/C27H19F3N4O3/c28-20-10-15(26-32-7-1-8-33-26)2-3-16(20)13-34-14-17(11-23(34)35)18-4-5-22(37-27(29)30)25-24(18)19-12-31-9-6-21(19)36-25/h1-10,12,17,27H,11,13-14H2. The lowest BCUT2D eigenvalue weighted by Crippen LogP contribution is -2.25. The van der Waals surface area contributed by atoms with Crippen LogP contribution in [0.25, 0.3) is 33.3 Å². The molecule has 5 aromatic rings. The lowest BCUT2D eigenvalue weighted by molar-refractivity contribution is -0.128. The van der Waals surface area contributed by atoms with Gasteiger partial charge in [0.25, 0.3) is 0 Å². The molecule has 1 aliphatic rings. The Kier molecular flexibility index (Phi) is 5.71. The molecule has 0 spiro atoms. The zero-order valence-corrected chi connectivity index (χ0v) is 19.3. The van der Waals surface area contributed by atoms with Gasteiger partial charge in [-0.2, -0.15) is 8.78 Å². The van der Waals surface area contributed by atoms with E-state index in [4.69, 9.17) is 4.42 Å². The van der Waals surface area contributed by atoms with Crippen LogP contribution in [0, 0.1) is 5.82 Å². The van der Waals surface area contributed by atoms with E-state index in [-0.39, 0.29) is 36.1 Å². The Bertz CT molecular complexity index is 1620. The van der Waals surface area contributed by atoms with Gasteiger partial charge in [-0.05, 0) is 29.8 Å². The largest absolute Gasteiger partial charge is 0.452 e. The molecular weight excluding hydrogens is 485 g/mol. The number of carbonyl (C=O) groups excluding carboxylic acids is 1.